The van der Waals surface area contributed by atoms with Crippen LogP contribution < -0.4 is 5.32 Å². The molecule has 0 amide bonds. The monoisotopic (exact) mass is 451 g/mol. The van der Waals surface area contributed by atoms with Crippen LogP contribution in [0.2, 0.25) is 0 Å². The smallest absolute Gasteiger partial charge is 0.307 e. The van der Waals surface area contributed by atoms with Crippen LogP contribution in [0, 0.1) is 17.6 Å². The summed E-state index contributed by atoms with van der Waals surface area (Å²) < 4.78 is 71.1. The molecule has 1 aliphatic heterocycles. The lowest BCUT2D eigenvalue weighted by atomic mass is 10.0. The van der Waals surface area contributed by atoms with Gasteiger partial charge in [-0.1, -0.05) is 6.07 Å². The van der Waals surface area contributed by atoms with Crippen molar-refractivity contribution in [2.75, 3.05) is 19.6 Å². The van der Waals surface area contributed by atoms with E-state index >= 15 is 0 Å². The van der Waals surface area contributed by atoms with Gasteiger partial charge in [-0.25, -0.2) is 8.78 Å². The molecule has 1 saturated carbocycles. The molecule has 1 saturated heterocycles. The first-order valence-electron chi connectivity index (χ1n) is 10.6. The summed E-state index contributed by atoms with van der Waals surface area (Å²) in [7, 11) is 0. The largest absolute Gasteiger partial charge is 0.420 e. The Bertz CT molecular complexity index is 1140. The fraction of sp³-hybridized carbons (Fsp3) is 0.455. The second kappa shape index (κ2) is 8.08. The van der Waals surface area contributed by atoms with Gasteiger partial charge in [-0.2, -0.15) is 13.2 Å². The average molecular weight is 451 g/mol. The summed E-state index contributed by atoms with van der Waals surface area (Å²) >= 11 is 0. The van der Waals surface area contributed by atoms with Crippen LogP contribution in [0.15, 0.2) is 30.5 Å². The molecule has 10 heteroatoms. The topological polar surface area (TPSA) is 45.5 Å². The van der Waals surface area contributed by atoms with Gasteiger partial charge in [-0.3, -0.25) is 9.30 Å². The maximum Gasteiger partial charge on any atom is 0.420 e. The third kappa shape index (κ3) is 4.21. The van der Waals surface area contributed by atoms with Gasteiger partial charge in [0.25, 0.3) is 0 Å². The first-order chi connectivity index (χ1) is 15.3. The van der Waals surface area contributed by atoms with Gasteiger partial charge in [0.2, 0.25) is 0 Å². The van der Waals surface area contributed by atoms with E-state index in [0.717, 1.165) is 18.9 Å². The predicted molar refractivity (Wildman–Crippen MR) is 107 cm³/mol. The second-order valence-corrected chi connectivity index (χ2v) is 8.58. The van der Waals surface area contributed by atoms with Gasteiger partial charge in [0.05, 0.1) is 0 Å². The number of piperazine rings is 1. The third-order valence-corrected chi connectivity index (χ3v) is 6.18. The van der Waals surface area contributed by atoms with Crippen molar-refractivity contribution in [2.24, 2.45) is 5.92 Å². The number of hydrogen-bond donors (Lipinski definition) is 1. The lowest BCUT2D eigenvalue weighted by Crippen LogP contribution is -2.45. The van der Waals surface area contributed by atoms with E-state index in [1.165, 1.54) is 22.6 Å². The van der Waals surface area contributed by atoms with Crippen LogP contribution in [0.5, 0.6) is 0 Å². The zero-order chi connectivity index (χ0) is 22.5. The van der Waals surface area contributed by atoms with Crippen molar-refractivity contribution in [1.29, 1.82) is 0 Å². The fourth-order valence-corrected chi connectivity index (χ4v) is 4.39. The van der Waals surface area contributed by atoms with E-state index in [1.807, 2.05) is 4.90 Å². The minimum atomic E-state index is -4.59. The highest BCUT2D eigenvalue weighted by Gasteiger charge is 2.38. The van der Waals surface area contributed by atoms with Crippen LogP contribution in [-0.4, -0.2) is 39.1 Å². The van der Waals surface area contributed by atoms with Crippen LogP contribution >= 0.6 is 0 Å². The van der Waals surface area contributed by atoms with Crippen LogP contribution in [0.1, 0.15) is 41.4 Å². The Morgan fingerprint density at radius 3 is 2.62 bits per heavy atom. The molecule has 2 fully saturated rings. The van der Waals surface area contributed by atoms with Crippen molar-refractivity contribution in [3.63, 3.8) is 0 Å². The number of pyridine rings is 1. The molecule has 0 bridgehead atoms. The number of aromatic nitrogens is 3. The van der Waals surface area contributed by atoms with E-state index in [-0.39, 0.29) is 17.8 Å². The lowest BCUT2D eigenvalue weighted by Gasteiger charge is -2.34. The fourth-order valence-electron chi connectivity index (χ4n) is 4.39. The Hall–Kier alpha value is -2.59. The normalized spacial score (nSPS) is 20.2. The molecule has 1 aliphatic carbocycles. The van der Waals surface area contributed by atoms with E-state index < -0.39 is 29.4 Å². The number of hydrogen-bond acceptors (Lipinski definition) is 4. The van der Waals surface area contributed by atoms with E-state index in [1.54, 1.807) is 6.20 Å². The summed E-state index contributed by atoms with van der Waals surface area (Å²) in [5.74, 6) is -0.320. The molecule has 2 aliphatic rings. The number of nitrogens with one attached hydrogen (secondary N) is 1. The molecule has 5 rings (SSSR count). The molecule has 2 aromatic heterocycles. The molecule has 5 nitrogen and oxygen atoms in total. The Morgan fingerprint density at radius 1 is 1.09 bits per heavy atom. The summed E-state index contributed by atoms with van der Waals surface area (Å²) in [5.41, 5.74) is -0.556. The SMILES string of the molecule is Fc1ccc([C@H]2CN(Cc3ccn4c(CC5CC5)nnc4c3C(F)(F)F)CCN2)c(F)c1. The Labute approximate surface area is 181 Å². The van der Waals surface area contributed by atoms with E-state index in [0.29, 0.717) is 43.4 Å². The van der Waals surface area contributed by atoms with Crippen LogP contribution in [0.25, 0.3) is 5.65 Å². The number of rotatable bonds is 5. The van der Waals surface area contributed by atoms with Crippen molar-refractivity contribution >= 4 is 5.65 Å². The number of fused-ring (bicyclic) bond motifs is 1. The quantitative estimate of drug-likeness (QED) is 0.593. The third-order valence-electron chi connectivity index (χ3n) is 6.18. The minimum absolute atomic E-state index is 0.0388. The molecule has 32 heavy (non-hydrogen) atoms. The van der Waals surface area contributed by atoms with E-state index in [9.17, 15) is 22.0 Å². The number of halogens is 5. The Kier molecular flexibility index (Phi) is 5.37. The molecule has 3 heterocycles. The Balaban J connectivity index is 1.42. The van der Waals surface area contributed by atoms with Crippen molar-refractivity contribution < 1.29 is 22.0 Å². The molecule has 0 unspecified atom stereocenters. The summed E-state index contributed by atoms with van der Waals surface area (Å²) in [6, 6.07) is 4.40. The molecular weight excluding hydrogens is 429 g/mol. The van der Waals surface area contributed by atoms with Gasteiger partial charge in [0.1, 0.15) is 23.0 Å². The van der Waals surface area contributed by atoms with Gasteiger partial charge in [0, 0.05) is 56.5 Å². The standard InChI is InChI=1S/C22H22F5N5/c23-15-3-4-16(17(24)10-15)18-12-31(8-6-28-18)11-14-5-7-32-19(9-13-1-2-13)29-30-21(32)20(14)22(25,26)27/h3-5,7,10,13,18,28H,1-2,6,8-9,11-12H2/t18-/m1/s1. The van der Waals surface area contributed by atoms with Gasteiger partial charge in [0.15, 0.2) is 5.65 Å². The van der Waals surface area contributed by atoms with Gasteiger partial charge >= 0.3 is 6.18 Å². The lowest BCUT2D eigenvalue weighted by molar-refractivity contribution is -0.137. The summed E-state index contributed by atoms with van der Waals surface area (Å²) in [6.07, 6.45) is -0.217. The van der Waals surface area contributed by atoms with Crippen LogP contribution in [-0.2, 0) is 19.1 Å². The number of nitrogens with zero attached hydrogens (tertiary/aromatic N) is 4. The van der Waals surface area contributed by atoms with Gasteiger partial charge < -0.3 is 5.32 Å². The highest BCUT2D eigenvalue weighted by Crippen LogP contribution is 2.37. The van der Waals surface area contributed by atoms with Crippen molar-refractivity contribution in [2.45, 2.75) is 38.0 Å². The molecule has 1 N–H and O–H groups in total. The predicted octanol–water partition coefficient (Wildman–Crippen LogP) is 4.13. The number of benzene rings is 1. The summed E-state index contributed by atoms with van der Waals surface area (Å²) in [6.45, 7) is 1.31. The van der Waals surface area contributed by atoms with Crippen molar-refractivity contribution in [3.8, 4) is 0 Å². The zero-order valence-corrected chi connectivity index (χ0v) is 17.2. The Morgan fingerprint density at radius 2 is 1.91 bits per heavy atom. The number of alkyl halides is 3. The molecule has 0 radical (unpaired) electrons. The average Bonchev–Trinajstić information content (AvgIpc) is 3.46. The van der Waals surface area contributed by atoms with E-state index in [2.05, 4.69) is 15.5 Å². The summed E-state index contributed by atoms with van der Waals surface area (Å²) in [4.78, 5) is 1.84. The van der Waals surface area contributed by atoms with Crippen molar-refractivity contribution in [1.82, 2.24) is 24.8 Å². The van der Waals surface area contributed by atoms with E-state index in [4.69, 9.17) is 0 Å². The minimum Gasteiger partial charge on any atom is -0.307 e. The molecular formula is C22H22F5N5. The van der Waals surface area contributed by atoms with Gasteiger partial charge in [-0.05, 0) is 36.5 Å². The highest BCUT2D eigenvalue weighted by atomic mass is 19.4. The molecule has 0 spiro atoms. The molecule has 3 aromatic rings. The van der Waals surface area contributed by atoms with Crippen molar-refractivity contribution in [3.05, 3.63) is 64.6 Å². The zero-order valence-electron chi connectivity index (χ0n) is 17.2. The maximum absolute atomic E-state index is 14.2. The molecule has 1 aromatic carbocycles. The molecule has 1 atom stereocenters. The first kappa shape index (κ1) is 21.3. The second-order valence-electron chi connectivity index (χ2n) is 8.58. The maximum atomic E-state index is 14.2. The molecule has 170 valence electrons. The van der Waals surface area contributed by atoms with Crippen LogP contribution in [0.4, 0.5) is 22.0 Å². The van der Waals surface area contributed by atoms with Crippen LogP contribution in [0.3, 0.4) is 0 Å². The van der Waals surface area contributed by atoms with Gasteiger partial charge in [-0.15, -0.1) is 10.2 Å². The highest BCUT2D eigenvalue weighted by molar-refractivity contribution is 5.53. The first-order valence-corrected chi connectivity index (χ1v) is 10.6. The summed E-state index contributed by atoms with van der Waals surface area (Å²) in [5, 5.41) is 11.1.